The zero-order valence-electron chi connectivity index (χ0n) is 10.4. The van der Waals surface area contributed by atoms with Gasteiger partial charge in [0.25, 0.3) is 5.91 Å². The highest BCUT2D eigenvalue weighted by Crippen LogP contribution is 2.23. The molecular formula is C13H14N4O2. The summed E-state index contributed by atoms with van der Waals surface area (Å²) in [6, 6.07) is 10.4. The molecule has 2 aromatic rings. The predicted molar refractivity (Wildman–Crippen MR) is 73.0 cm³/mol. The topological polar surface area (TPSA) is 89.3 Å². The Labute approximate surface area is 110 Å². The molecule has 6 heteroatoms. The van der Waals surface area contributed by atoms with E-state index in [1.54, 1.807) is 31.4 Å². The molecule has 0 fully saturated rings. The van der Waals surface area contributed by atoms with Crippen molar-refractivity contribution in [1.82, 2.24) is 4.98 Å². The molecule has 1 heterocycles. The van der Waals surface area contributed by atoms with Crippen LogP contribution in [-0.4, -0.2) is 18.0 Å². The minimum absolute atomic E-state index is 0.265. The SMILES string of the molecule is COc1ccccc1NC(=O)c1cc(NN)ccn1. The molecule has 4 N–H and O–H groups in total. The summed E-state index contributed by atoms with van der Waals surface area (Å²) >= 11 is 0. The third kappa shape index (κ3) is 2.99. The number of para-hydroxylation sites is 2. The van der Waals surface area contributed by atoms with E-state index in [9.17, 15) is 4.79 Å². The molecule has 19 heavy (non-hydrogen) atoms. The van der Waals surface area contributed by atoms with Gasteiger partial charge in [-0.15, -0.1) is 0 Å². The first kappa shape index (κ1) is 12.8. The van der Waals surface area contributed by atoms with Gasteiger partial charge in [0, 0.05) is 6.20 Å². The van der Waals surface area contributed by atoms with Crippen molar-refractivity contribution in [2.24, 2.45) is 5.84 Å². The molecule has 1 aromatic carbocycles. The first-order chi connectivity index (χ1) is 9.24. The van der Waals surface area contributed by atoms with E-state index in [0.717, 1.165) is 0 Å². The van der Waals surface area contributed by atoms with Crippen LogP contribution in [0.3, 0.4) is 0 Å². The van der Waals surface area contributed by atoms with Crippen LogP contribution in [0.4, 0.5) is 11.4 Å². The number of rotatable bonds is 4. The van der Waals surface area contributed by atoms with Crippen molar-refractivity contribution < 1.29 is 9.53 Å². The minimum Gasteiger partial charge on any atom is -0.495 e. The summed E-state index contributed by atoms with van der Waals surface area (Å²) in [5, 5.41) is 2.73. The van der Waals surface area contributed by atoms with Gasteiger partial charge in [-0.1, -0.05) is 12.1 Å². The second-order valence-corrected chi connectivity index (χ2v) is 3.73. The number of carbonyl (C=O) groups excluding carboxylic acids is 1. The van der Waals surface area contributed by atoms with Crippen molar-refractivity contribution in [3.8, 4) is 5.75 Å². The van der Waals surface area contributed by atoms with Crippen molar-refractivity contribution in [3.05, 3.63) is 48.3 Å². The number of benzene rings is 1. The first-order valence-corrected chi connectivity index (χ1v) is 5.61. The summed E-state index contributed by atoms with van der Waals surface area (Å²) < 4.78 is 5.16. The van der Waals surface area contributed by atoms with E-state index in [4.69, 9.17) is 10.6 Å². The fourth-order valence-corrected chi connectivity index (χ4v) is 1.58. The Hall–Kier alpha value is -2.60. The second kappa shape index (κ2) is 5.83. The molecule has 0 bridgehead atoms. The first-order valence-electron chi connectivity index (χ1n) is 5.61. The Balaban J connectivity index is 2.20. The van der Waals surface area contributed by atoms with Crippen molar-refractivity contribution in [2.75, 3.05) is 17.9 Å². The maximum Gasteiger partial charge on any atom is 0.274 e. The van der Waals surface area contributed by atoms with Gasteiger partial charge in [0.05, 0.1) is 18.5 Å². The van der Waals surface area contributed by atoms with Crippen LogP contribution >= 0.6 is 0 Å². The van der Waals surface area contributed by atoms with Crippen LogP contribution in [0.2, 0.25) is 0 Å². The minimum atomic E-state index is -0.332. The van der Waals surface area contributed by atoms with Crippen LogP contribution in [0.1, 0.15) is 10.5 Å². The van der Waals surface area contributed by atoms with Crippen LogP contribution < -0.4 is 21.3 Å². The number of hydrogen-bond acceptors (Lipinski definition) is 5. The fraction of sp³-hybridized carbons (Fsp3) is 0.0769. The maximum atomic E-state index is 12.1. The summed E-state index contributed by atoms with van der Waals surface area (Å²) in [4.78, 5) is 16.0. The molecule has 0 saturated carbocycles. The number of amides is 1. The smallest absolute Gasteiger partial charge is 0.274 e. The Morgan fingerprint density at radius 1 is 1.32 bits per heavy atom. The lowest BCUT2D eigenvalue weighted by Gasteiger charge is -2.09. The van der Waals surface area contributed by atoms with Crippen LogP contribution in [-0.2, 0) is 0 Å². The third-order valence-corrected chi connectivity index (χ3v) is 2.51. The number of methoxy groups -OCH3 is 1. The number of pyridine rings is 1. The molecule has 2 rings (SSSR count). The van der Waals surface area contributed by atoms with Crippen molar-refractivity contribution in [1.29, 1.82) is 0 Å². The van der Waals surface area contributed by atoms with Gasteiger partial charge in [-0.2, -0.15) is 0 Å². The predicted octanol–water partition coefficient (Wildman–Crippen LogP) is 1.63. The summed E-state index contributed by atoms with van der Waals surface area (Å²) in [7, 11) is 1.54. The third-order valence-electron chi connectivity index (χ3n) is 2.51. The zero-order chi connectivity index (χ0) is 13.7. The molecule has 0 radical (unpaired) electrons. The van der Waals surface area contributed by atoms with Gasteiger partial charge in [-0.05, 0) is 24.3 Å². The van der Waals surface area contributed by atoms with E-state index in [-0.39, 0.29) is 11.6 Å². The number of nitrogens with zero attached hydrogens (tertiary/aromatic N) is 1. The molecule has 0 unspecified atom stereocenters. The number of nitrogens with one attached hydrogen (secondary N) is 2. The monoisotopic (exact) mass is 258 g/mol. The molecule has 0 atom stereocenters. The summed E-state index contributed by atoms with van der Waals surface area (Å²) in [5.74, 6) is 5.54. The quantitative estimate of drug-likeness (QED) is 0.573. The van der Waals surface area contributed by atoms with Gasteiger partial charge >= 0.3 is 0 Å². The zero-order valence-corrected chi connectivity index (χ0v) is 10.4. The average molecular weight is 258 g/mol. The van der Waals surface area contributed by atoms with Crippen molar-refractivity contribution in [3.63, 3.8) is 0 Å². The van der Waals surface area contributed by atoms with Crippen LogP contribution in [0.15, 0.2) is 42.6 Å². The van der Waals surface area contributed by atoms with E-state index in [1.807, 2.05) is 12.1 Å². The number of aromatic nitrogens is 1. The molecule has 0 aliphatic carbocycles. The Kier molecular flexibility index (Phi) is 3.94. The van der Waals surface area contributed by atoms with Gasteiger partial charge < -0.3 is 15.5 Å². The average Bonchev–Trinajstić information content (AvgIpc) is 2.47. The van der Waals surface area contributed by atoms with E-state index >= 15 is 0 Å². The normalized spacial score (nSPS) is 9.79. The second-order valence-electron chi connectivity index (χ2n) is 3.73. The van der Waals surface area contributed by atoms with Gasteiger partial charge in [0.2, 0.25) is 0 Å². The van der Waals surface area contributed by atoms with E-state index in [0.29, 0.717) is 17.1 Å². The molecule has 0 aliphatic rings. The standard InChI is InChI=1S/C13H14N4O2/c1-19-12-5-3-2-4-10(12)16-13(18)11-8-9(17-14)6-7-15-11/h2-8H,14H2,1H3,(H,15,17)(H,16,18). The molecule has 98 valence electrons. The molecule has 1 aromatic heterocycles. The molecule has 0 aliphatic heterocycles. The summed E-state index contributed by atoms with van der Waals surface area (Å²) in [5.41, 5.74) is 3.93. The molecule has 0 spiro atoms. The highest BCUT2D eigenvalue weighted by Gasteiger charge is 2.10. The maximum absolute atomic E-state index is 12.1. The van der Waals surface area contributed by atoms with Crippen LogP contribution in [0.5, 0.6) is 5.75 Å². The van der Waals surface area contributed by atoms with Crippen molar-refractivity contribution >= 4 is 17.3 Å². The lowest BCUT2D eigenvalue weighted by molar-refractivity contribution is 0.102. The number of carbonyl (C=O) groups is 1. The van der Waals surface area contributed by atoms with Crippen LogP contribution in [0.25, 0.3) is 0 Å². The summed E-state index contributed by atoms with van der Waals surface area (Å²) in [6.07, 6.45) is 1.51. The molecule has 0 saturated heterocycles. The fourth-order valence-electron chi connectivity index (χ4n) is 1.58. The van der Waals surface area contributed by atoms with E-state index in [1.165, 1.54) is 6.20 Å². The molecular weight excluding hydrogens is 244 g/mol. The van der Waals surface area contributed by atoms with E-state index in [2.05, 4.69) is 15.7 Å². The number of ether oxygens (including phenoxy) is 1. The number of nitrogens with two attached hydrogens (primary N) is 1. The van der Waals surface area contributed by atoms with Gasteiger partial charge in [0.1, 0.15) is 11.4 Å². The Bertz CT molecular complexity index is 586. The highest BCUT2D eigenvalue weighted by atomic mass is 16.5. The number of hydrogen-bond donors (Lipinski definition) is 3. The van der Waals surface area contributed by atoms with Crippen LogP contribution in [0, 0.1) is 0 Å². The molecule has 6 nitrogen and oxygen atoms in total. The largest absolute Gasteiger partial charge is 0.495 e. The Morgan fingerprint density at radius 2 is 2.11 bits per heavy atom. The van der Waals surface area contributed by atoms with E-state index < -0.39 is 0 Å². The lowest BCUT2D eigenvalue weighted by atomic mass is 10.2. The highest BCUT2D eigenvalue weighted by molar-refractivity contribution is 6.04. The number of hydrazine groups is 1. The van der Waals surface area contributed by atoms with Gasteiger partial charge in [-0.3, -0.25) is 15.6 Å². The Morgan fingerprint density at radius 3 is 2.84 bits per heavy atom. The van der Waals surface area contributed by atoms with Gasteiger partial charge in [0.15, 0.2) is 0 Å². The molecule has 1 amide bonds. The number of nitrogen functional groups attached to an aromatic ring is 1. The number of anilines is 2. The van der Waals surface area contributed by atoms with Crippen molar-refractivity contribution in [2.45, 2.75) is 0 Å². The summed E-state index contributed by atoms with van der Waals surface area (Å²) in [6.45, 7) is 0. The lowest BCUT2D eigenvalue weighted by Crippen LogP contribution is -2.15. The van der Waals surface area contributed by atoms with Gasteiger partial charge in [-0.25, -0.2) is 0 Å².